The van der Waals surface area contributed by atoms with Crippen molar-refractivity contribution >= 4 is 50.4 Å². The van der Waals surface area contributed by atoms with Crippen molar-refractivity contribution < 1.29 is 41.1 Å². The summed E-state index contributed by atoms with van der Waals surface area (Å²) in [6.45, 7) is 2.95. The molecule has 5 N–H and O–H groups in total. The number of likely N-dealkylation sites (N-methyl/N-ethyl adjacent to an activating group) is 1. The third-order valence-electron chi connectivity index (χ3n) is 5.69. The predicted molar refractivity (Wildman–Crippen MR) is 150 cm³/mol. The first-order chi connectivity index (χ1) is 18.9. The van der Waals surface area contributed by atoms with Crippen LogP contribution in [0.5, 0.6) is 0 Å². The lowest BCUT2D eigenvalue weighted by atomic mass is 10.0. The standard InChI is InChI=1S/C24H31N5O4S.C2HF3O2/c1-5-6-20(22-19-12-7-16(23(25)30)15-21(19)27-24(22)31)26-17-8-10-18(11-9-17)29(34(4,32)33)14-13-28(2)3;3-2(4,5)1(6)7/h7-12,15,26H,5-6,13-14H2,1-4H3,(H2,25,30)(H,27,31);(H,6,7). The van der Waals surface area contributed by atoms with Gasteiger partial charge in [0, 0.05) is 41.3 Å². The van der Waals surface area contributed by atoms with Crippen LogP contribution in [-0.4, -0.2) is 75.8 Å². The molecule has 0 aromatic heterocycles. The van der Waals surface area contributed by atoms with Crippen molar-refractivity contribution in [2.45, 2.75) is 25.9 Å². The number of nitrogens with zero attached hydrogens (tertiary/aromatic N) is 2. The highest BCUT2D eigenvalue weighted by molar-refractivity contribution is 7.92. The number of benzene rings is 2. The van der Waals surface area contributed by atoms with E-state index in [0.29, 0.717) is 47.6 Å². The molecule has 1 heterocycles. The van der Waals surface area contributed by atoms with E-state index in [1.165, 1.54) is 10.6 Å². The molecule has 2 aromatic rings. The Morgan fingerprint density at radius 2 is 1.66 bits per heavy atom. The van der Waals surface area contributed by atoms with Gasteiger partial charge in [-0.2, -0.15) is 13.2 Å². The molecule has 2 aromatic carbocycles. The molecule has 2 amide bonds. The van der Waals surface area contributed by atoms with Gasteiger partial charge in [-0.15, -0.1) is 0 Å². The minimum atomic E-state index is -5.08. The number of hydrogen-bond donors (Lipinski definition) is 4. The molecule has 224 valence electrons. The van der Waals surface area contributed by atoms with Crippen molar-refractivity contribution in [2.75, 3.05) is 48.4 Å². The number of aliphatic carboxylic acids is 1. The Kier molecular flexibility index (Phi) is 10.9. The summed E-state index contributed by atoms with van der Waals surface area (Å²) in [4.78, 5) is 35.1. The van der Waals surface area contributed by atoms with E-state index in [4.69, 9.17) is 15.6 Å². The van der Waals surface area contributed by atoms with Gasteiger partial charge in [0.25, 0.3) is 5.91 Å². The molecule has 0 fully saturated rings. The fraction of sp³-hybridized carbons (Fsp3) is 0.346. The van der Waals surface area contributed by atoms with Gasteiger partial charge >= 0.3 is 12.1 Å². The van der Waals surface area contributed by atoms with Crippen LogP contribution in [-0.2, 0) is 19.6 Å². The number of anilines is 3. The summed E-state index contributed by atoms with van der Waals surface area (Å²) >= 11 is 0. The summed E-state index contributed by atoms with van der Waals surface area (Å²) in [6.07, 6.45) is -2.46. The molecule has 0 saturated carbocycles. The van der Waals surface area contributed by atoms with Gasteiger partial charge < -0.3 is 26.4 Å². The van der Waals surface area contributed by atoms with Crippen LogP contribution in [0.1, 0.15) is 35.7 Å². The number of allylic oxidation sites excluding steroid dienone is 1. The van der Waals surface area contributed by atoms with E-state index in [-0.39, 0.29) is 5.91 Å². The van der Waals surface area contributed by atoms with Crippen LogP contribution in [0.4, 0.5) is 30.2 Å². The minimum absolute atomic E-state index is 0.254. The highest BCUT2D eigenvalue weighted by Crippen LogP contribution is 2.36. The maximum absolute atomic E-state index is 12.8. The molecule has 0 radical (unpaired) electrons. The van der Waals surface area contributed by atoms with Gasteiger partial charge in [-0.3, -0.25) is 13.9 Å². The Balaban J connectivity index is 0.000000745. The number of nitrogens with two attached hydrogens (primary N) is 1. The summed E-state index contributed by atoms with van der Waals surface area (Å²) in [6, 6.07) is 12.0. The molecule has 0 aliphatic carbocycles. The fourth-order valence-electron chi connectivity index (χ4n) is 3.79. The second-order valence-corrected chi connectivity index (χ2v) is 11.2. The monoisotopic (exact) mass is 599 g/mol. The molecule has 1 aliphatic rings. The number of carbonyl (C=O) groups excluding carboxylic acids is 2. The summed E-state index contributed by atoms with van der Waals surface area (Å²) in [5.41, 5.74) is 9.50. The van der Waals surface area contributed by atoms with Crippen molar-refractivity contribution in [1.82, 2.24) is 4.90 Å². The Hall–Kier alpha value is -4.11. The van der Waals surface area contributed by atoms with Crippen LogP contribution in [0, 0.1) is 0 Å². The lowest BCUT2D eigenvalue weighted by Crippen LogP contribution is -2.35. The Morgan fingerprint density at radius 1 is 1.07 bits per heavy atom. The zero-order valence-corrected chi connectivity index (χ0v) is 23.7. The first-order valence-electron chi connectivity index (χ1n) is 12.2. The number of hydrogen-bond acceptors (Lipinski definition) is 7. The number of rotatable bonds is 10. The van der Waals surface area contributed by atoms with Crippen LogP contribution in [0.25, 0.3) is 5.57 Å². The van der Waals surface area contributed by atoms with E-state index in [0.717, 1.165) is 17.8 Å². The molecule has 15 heteroatoms. The van der Waals surface area contributed by atoms with E-state index in [2.05, 4.69) is 10.6 Å². The SMILES string of the molecule is CCCC(Nc1ccc(N(CCN(C)C)S(C)(=O)=O)cc1)=C1C(=O)Nc2cc(C(N)=O)ccc21.O=C(O)C(F)(F)F. The highest BCUT2D eigenvalue weighted by Gasteiger charge is 2.38. The number of nitrogens with one attached hydrogen (secondary N) is 2. The Morgan fingerprint density at radius 3 is 2.12 bits per heavy atom. The predicted octanol–water partition coefficient (Wildman–Crippen LogP) is 3.32. The molecule has 0 spiro atoms. The second-order valence-electron chi connectivity index (χ2n) is 9.30. The third-order valence-corrected chi connectivity index (χ3v) is 6.89. The number of primary amides is 1. The summed E-state index contributed by atoms with van der Waals surface area (Å²) in [5, 5.41) is 13.3. The van der Waals surface area contributed by atoms with Gasteiger partial charge in [0.1, 0.15) is 0 Å². The highest BCUT2D eigenvalue weighted by atomic mass is 32.2. The lowest BCUT2D eigenvalue weighted by molar-refractivity contribution is -0.192. The summed E-state index contributed by atoms with van der Waals surface area (Å²) in [5.74, 6) is -3.57. The quantitative estimate of drug-likeness (QED) is 0.303. The van der Waals surface area contributed by atoms with Crippen molar-refractivity contribution in [3.05, 3.63) is 59.3 Å². The van der Waals surface area contributed by atoms with Gasteiger partial charge in [0.2, 0.25) is 15.9 Å². The van der Waals surface area contributed by atoms with Crippen LogP contribution < -0.4 is 20.7 Å². The Labute approximate surface area is 235 Å². The first kappa shape index (κ1) is 33.1. The molecule has 1 aliphatic heterocycles. The first-order valence-corrected chi connectivity index (χ1v) is 14.1. The van der Waals surface area contributed by atoms with Gasteiger partial charge in [0.15, 0.2) is 0 Å². The summed E-state index contributed by atoms with van der Waals surface area (Å²) < 4.78 is 57.7. The molecular weight excluding hydrogens is 567 g/mol. The maximum Gasteiger partial charge on any atom is 0.490 e. The van der Waals surface area contributed by atoms with Crippen molar-refractivity contribution in [2.24, 2.45) is 5.73 Å². The van der Waals surface area contributed by atoms with E-state index >= 15 is 0 Å². The van der Waals surface area contributed by atoms with Crippen molar-refractivity contribution in [3.63, 3.8) is 0 Å². The van der Waals surface area contributed by atoms with Gasteiger partial charge in [-0.1, -0.05) is 19.4 Å². The number of carbonyl (C=O) groups is 3. The molecule has 0 unspecified atom stereocenters. The zero-order valence-electron chi connectivity index (χ0n) is 22.9. The normalized spacial score (nSPS) is 14.0. The molecule has 0 saturated heterocycles. The number of fused-ring (bicyclic) bond motifs is 1. The Bertz CT molecular complexity index is 1420. The number of sulfonamides is 1. The van der Waals surface area contributed by atoms with Crippen LogP contribution in [0.3, 0.4) is 0 Å². The molecule has 11 nitrogen and oxygen atoms in total. The van der Waals surface area contributed by atoms with E-state index in [1.807, 2.05) is 25.9 Å². The fourth-order valence-corrected chi connectivity index (χ4v) is 4.71. The maximum atomic E-state index is 12.8. The van der Waals surface area contributed by atoms with Gasteiger partial charge in [-0.25, -0.2) is 13.2 Å². The largest absolute Gasteiger partial charge is 0.490 e. The third kappa shape index (κ3) is 9.21. The summed E-state index contributed by atoms with van der Waals surface area (Å²) in [7, 11) is 0.352. The average molecular weight is 600 g/mol. The van der Waals surface area contributed by atoms with Crippen LogP contribution >= 0.6 is 0 Å². The van der Waals surface area contributed by atoms with E-state index in [9.17, 15) is 31.2 Å². The van der Waals surface area contributed by atoms with Gasteiger partial charge in [0.05, 0.1) is 17.5 Å². The van der Waals surface area contributed by atoms with Crippen molar-refractivity contribution in [1.29, 1.82) is 0 Å². The zero-order chi connectivity index (χ0) is 31.1. The number of amides is 2. The number of alkyl halides is 3. The minimum Gasteiger partial charge on any atom is -0.475 e. The van der Waals surface area contributed by atoms with E-state index in [1.54, 1.807) is 42.5 Å². The second kappa shape index (κ2) is 13.5. The number of carboxylic acids is 1. The molecule has 41 heavy (non-hydrogen) atoms. The molecule has 0 bridgehead atoms. The van der Waals surface area contributed by atoms with Gasteiger partial charge in [-0.05, 0) is 56.9 Å². The number of halogens is 3. The molecule has 0 atom stereocenters. The average Bonchev–Trinajstić information content (AvgIpc) is 3.18. The van der Waals surface area contributed by atoms with E-state index < -0.39 is 28.1 Å². The topological polar surface area (TPSA) is 162 Å². The number of carboxylic acid groups (broad SMARTS) is 1. The smallest absolute Gasteiger partial charge is 0.475 e. The van der Waals surface area contributed by atoms with Crippen LogP contribution in [0.2, 0.25) is 0 Å². The van der Waals surface area contributed by atoms with Crippen LogP contribution in [0.15, 0.2) is 48.2 Å². The molecule has 3 rings (SSSR count). The lowest BCUT2D eigenvalue weighted by Gasteiger charge is -2.24. The van der Waals surface area contributed by atoms with Crippen molar-refractivity contribution in [3.8, 4) is 0 Å². The molecular formula is C26H32F3N5O6S.